The van der Waals surface area contributed by atoms with Crippen molar-refractivity contribution in [1.29, 1.82) is 0 Å². The minimum absolute atomic E-state index is 0.0440. The molecule has 0 spiro atoms. The molecule has 0 radical (unpaired) electrons. The van der Waals surface area contributed by atoms with Crippen LogP contribution in [0.1, 0.15) is 22.4 Å². The molecule has 1 aromatic carbocycles. The number of aryl methyl sites for hydroxylation is 2. The summed E-state index contributed by atoms with van der Waals surface area (Å²) in [5, 5.41) is 13.0. The summed E-state index contributed by atoms with van der Waals surface area (Å²) in [7, 11) is 0. The van der Waals surface area contributed by atoms with Crippen molar-refractivity contribution in [2.75, 3.05) is 11.1 Å². The molecule has 6 heteroatoms. The summed E-state index contributed by atoms with van der Waals surface area (Å²) in [5.41, 5.74) is 10.5. The van der Waals surface area contributed by atoms with Crippen LogP contribution in [0.4, 0.5) is 11.8 Å². The molecule has 0 bridgehead atoms. The fourth-order valence-electron chi connectivity index (χ4n) is 2.53. The van der Waals surface area contributed by atoms with Crippen molar-refractivity contribution in [3.05, 3.63) is 52.7 Å². The molecule has 0 aliphatic rings. The Morgan fingerprint density at radius 3 is 2.43 bits per heavy atom. The standard InChI is InChI=1S/C17H19N5O/c1-10-7-11(2)20-16-14(10)15(18)21-17(22-16)19-8-12-3-5-13(9-23)6-4-12/h3-7,23H,8-9H2,1-2H3,(H3,18,19,20,21,22). The Labute approximate surface area is 134 Å². The van der Waals surface area contributed by atoms with E-state index in [9.17, 15) is 0 Å². The molecule has 0 fully saturated rings. The number of aliphatic hydroxyl groups excluding tert-OH is 1. The first-order chi connectivity index (χ1) is 11.1. The molecule has 2 heterocycles. The molecule has 4 N–H and O–H groups in total. The maximum atomic E-state index is 9.06. The Morgan fingerprint density at radius 2 is 1.74 bits per heavy atom. The summed E-state index contributed by atoms with van der Waals surface area (Å²) in [5.74, 6) is 0.886. The molecule has 0 aliphatic carbocycles. The van der Waals surface area contributed by atoms with Gasteiger partial charge >= 0.3 is 0 Å². The van der Waals surface area contributed by atoms with Gasteiger partial charge in [-0.3, -0.25) is 0 Å². The van der Waals surface area contributed by atoms with Crippen LogP contribution in [0.5, 0.6) is 0 Å². The summed E-state index contributed by atoms with van der Waals surface area (Å²) in [4.78, 5) is 13.2. The molecule has 3 aromatic rings. The highest BCUT2D eigenvalue weighted by Gasteiger charge is 2.09. The van der Waals surface area contributed by atoms with Gasteiger partial charge in [0.2, 0.25) is 5.95 Å². The third-order valence-electron chi connectivity index (χ3n) is 3.68. The first-order valence-corrected chi connectivity index (χ1v) is 7.41. The minimum Gasteiger partial charge on any atom is -0.392 e. The van der Waals surface area contributed by atoms with E-state index < -0.39 is 0 Å². The number of benzene rings is 1. The third-order valence-corrected chi connectivity index (χ3v) is 3.68. The number of hydrogen-bond acceptors (Lipinski definition) is 6. The Kier molecular flexibility index (Phi) is 4.08. The largest absolute Gasteiger partial charge is 0.392 e. The zero-order chi connectivity index (χ0) is 16.4. The lowest BCUT2D eigenvalue weighted by atomic mass is 10.1. The smallest absolute Gasteiger partial charge is 0.226 e. The minimum atomic E-state index is 0.0440. The second-order valence-electron chi connectivity index (χ2n) is 5.54. The average molecular weight is 309 g/mol. The summed E-state index contributed by atoms with van der Waals surface area (Å²) in [6, 6.07) is 9.66. The molecule has 0 saturated carbocycles. The summed E-state index contributed by atoms with van der Waals surface area (Å²) in [6.45, 7) is 4.52. The number of nitrogen functional groups attached to an aromatic ring is 1. The van der Waals surface area contributed by atoms with E-state index in [1.54, 1.807) is 0 Å². The quantitative estimate of drug-likeness (QED) is 0.684. The first-order valence-electron chi connectivity index (χ1n) is 7.41. The number of aromatic nitrogens is 3. The predicted octanol–water partition coefficient (Wildman–Crippen LogP) is 2.33. The molecule has 0 unspecified atom stereocenters. The Balaban J connectivity index is 1.85. The third kappa shape index (κ3) is 3.22. The van der Waals surface area contributed by atoms with Crippen LogP contribution in [0.2, 0.25) is 0 Å². The highest BCUT2D eigenvalue weighted by Crippen LogP contribution is 2.22. The summed E-state index contributed by atoms with van der Waals surface area (Å²) >= 11 is 0. The number of nitrogens with two attached hydrogens (primary N) is 1. The van der Waals surface area contributed by atoms with Crippen LogP contribution in [0.25, 0.3) is 11.0 Å². The van der Waals surface area contributed by atoms with Gasteiger partial charge in [0.25, 0.3) is 0 Å². The number of nitrogens with one attached hydrogen (secondary N) is 1. The summed E-state index contributed by atoms with van der Waals surface area (Å²) in [6.07, 6.45) is 0. The number of pyridine rings is 1. The van der Waals surface area contributed by atoms with E-state index in [-0.39, 0.29) is 6.61 Å². The van der Waals surface area contributed by atoms with Crippen LogP contribution >= 0.6 is 0 Å². The lowest BCUT2D eigenvalue weighted by molar-refractivity contribution is 0.282. The van der Waals surface area contributed by atoms with E-state index in [1.165, 1.54) is 0 Å². The van der Waals surface area contributed by atoms with Crippen LogP contribution in [0.3, 0.4) is 0 Å². The van der Waals surface area contributed by atoms with Gasteiger partial charge in [-0.15, -0.1) is 0 Å². The van der Waals surface area contributed by atoms with E-state index in [0.717, 1.165) is 27.8 Å². The molecule has 6 nitrogen and oxygen atoms in total. The number of fused-ring (bicyclic) bond motifs is 1. The molecule has 0 aliphatic heterocycles. The van der Waals surface area contributed by atoms with Crippen molar-refractivity contribution in [3.8, 4) is 0 Å². The van der Waals surface area contributed by atoms with Gasteiger partial charge in [-0.1, -0.05) is 24.3 Å². The van der Waals surface area contributed by atoms with Crippen molar-refractivity contribution in [1.82, 2.24) is 15.0 Å². The van der Waals surface area contributed by atoms with Gasteiger partial charge in [0, 0.05) is 12.2 Å². The second kappa shape index (κ2) is 6.18. The van der Waals surface area contributed by atoms with Gasteiger partial charge in [-0.25, -0.2) is 4.98 Å². The molecule has 0 saturated heterocycles. The van der Waals surface area contributed by atoms with E-state index >= 15 is 0 Å². The van der Waals surface area contributed by atoms with Crippen LogP contribution in [0, 0.1) is 13.8 Å². The fourth-order valence-corrected chi connectivity index (χ4v) is 2.53. The van der Waals surface area contributed by atoms with Gasteiger partial charge in [0.1, 0.15) is 5.82 Å². The number of rotatable bonds is 4. The summed E-state index contributed by atoms with van der Waals surface area (Å²) < 4.78 is 0. The Morgan fingerprint density at radius 1 is 1.04 bits per heavy atom. The van der Waals surface area contributed by atoms with Gasteiger partial charge in [0.05, 0.1) is 12.0 Å². The zero-order valence-corrected chi connectivity index (χ0v) is 13.2. The highest BCUT2D eigenvalue weighted by molar-refractivity contribution is 5.89. The number of aliphatic hydroxyl groups is 1. The number of anilines is 2. The molecule has 2 aromatic heterocycles. The Bertz CT molecular complexity index is 846. The van der Waals surface area contributed by atoms with E-state index in [1.807, 2.05) is 44.2 Å². The first kappa shape index (κ1) is 15.2. The lowest BCUT2D eigenvalue weighted by Gasteiger charge is -2.10. The van der Waals surface area contributed by atoms with Crippen LogP contribution in [-0.4, -0.2) is 20.1 Å². The molecule has 0 atom stereocenters. The van der Waals surface area contributed by atoms with Gasteiger partial charge in [-0.2, -0.15) is 9.97 Å². The van der Waals surface area contributed by atoms with E-state index in [2.05, 4.69) is 20.3 Å². The molecular formula is C17H19N5O. The van der Waals surface area contributed by atoms with Crippen LogP contribution in [0.15, 0.2) is 30.3 Å². The molecule has 0 amide bonds. The van der Waals surface area contributed by atoms with E-state index in [0.29, 0.717) is 24.0 Å². The maximum Gasteiger partial charge on any atom is 0.226 e. The average Bonchev–Trinajstić information content (AvgIpc) is 2.52. The van der Waals surface area contributed by atoms with Crippen molar-refractivity contribution in [3.63, 3.8) is 0 Å². The van der Waals surface area contributed by atoms with Crippen molar-refractivity contribution >= 4 is 22.8 Å². The molecule has 118 valence electrons. The molecule has 23 heavy (non-hydrogen) atoms. The molecular weight excluding hydrogens is 290 g/mol. The van der Waals surface area contributed by atoms with Gasteiger partial charge in [0.15, 0.2) is 5.65 Å². The highest BCUT2D eigenvalue weighted by atomic mass is 16.3. The maximum absolute atomic E-state index is 9.06. The predicted molar refractivity (Wildman–Crippen MR) is 90.9 cm³/mol. The number of hydrogen-bond donors (Lipinski definition) is 3. The number of nitrogens with zero attached hydrogens (tertiary/aromatic N) is 3. The topological polar surface area (TPSA) is 97.0 Å². The SMILES string of the molecule is Cc1cc(C)c2c(N)nc(NCc3ccc(CO)cc3)nc2n1. The van der Waals surface area contributed by atoms with Crippen molar-refractivity contribution in [2.45, 2.75) is 27.0 Å². The van der Waals surface area contributed by atoms with Crippen LogP contribution in [-0.2, 0) is 13.2 Å². The van der Waals surface area contributed by atoms with Crippen molar-refractivity contribution in [2.24, 2.45) is 0 Å². The van der Waals surface area contributed by atoms with Crippen LogP contribution < -0.4 is 11.1 Å². The van der Waals surface area contributed by atoms with Gasteiger partial charge in [-0.05, 0) is 36.6 Å². The zero-order valence-electron chi connectivity index (χ0n) is 13.2. The lowest BCUT2D eigenvalue weighted by Crippen LogP contribution is -2.07. The fraction of sp³-hybridized carbons (Fsp3) is 0.235. The monoisotopic (exact) mass is 309 g/mol. The van der Waals surface area contributed by atoms with Crippen molar-refractivity contribution < 1.29 is 5.11 Å². The molecule has 3 rings (SSSR count). The second-order valence-corrected chi connectivity index (χ2v) is 5.54. The van der Waals surface area contributed by atoms with E-state index in [4.69, 9.17) is 10.8 Å². The van der Waals surface area contributed by atoms with Gasteiger partial charge < -0.3 is 16.2 Å². The normalized spacial score (nSPS) is 10.9. The Hall–Kier alpha value is -2.73.